The van der Waals surface area contributed by atoms with Gasteiger partial charge < -0.3 is 15.6 Å². The summed E-state index contributed by atoms with van der Waals surface area (Å²) in [5.41, 5.74) is 4.59. The van der Waals surface area contributed by atoms with E-state index in [-0.39, 0.29) is 13.2 Å². The maximum atomic E-state index is 10.8. The van der Waals surface area contributed by atoms with E-state index in [4.69, 9.17) is 5.11 Å². The zero-order chi connectivity index (χ0) is 11.2. The molecule has 0 unspecified atom stereocenters. The third kappa shape index (κ3) is 7.31. The summed E-state index contributed by atoms with van der Waals surface area (Å²) in [6, 6.07) is 0. The smallest absolute Gasteiger partial charge is 0.404 e. The van der Waals surface area contributed by atoms with Crippen LogP contribution < -0.4 is 10.5 Å². The van der Waals surface area contributed by atoms with Crippen molar-refractivity contribution in [2.75, 3.05) is 18.9 Å². The normalized spacial score (nSPS) is 10.9. The molecule has 0 radical (unpaired) electrons. The van der Waals surface area contributed by atoms with Gasteiger partial charge in [0, 0.05) is 6.54 Å². The lowest BCUT2D eigenvalue weighted by molar-refractivity contribution is -0.134. The quantitative estimate of drug-likeness (QED) is 0.452. The van der Waals surface area contributed by atoms with Gasteiger partial charge in [-0.3, -0.25) is 4.79 Å². The molecule has 14 heavy (non-hydrogen) atoms. The minimum Gasteiger partial charge on any atom is -0.480 e. The highest BCUT2D eigenvalue weighted by molar-refractivity contribution is 7.90. The molecule has 0 saturated heterocycles. The number of primary amides is 1. The van der Waals surface area contributed by atoms with E-state index in [9.17, 15) is 18.0 Å². The maximum absolute atomic E-state index is 10.8. The summed E-state index contributed by atoms with van der Waals surface area (Å²) in [5, 5.41) is 8.17. The first kappa shape index (κ1) is 12.7. The first-order valence-electron chi connectivity index (χ1n) is 3.45. The minimum absolute atomic E-state index is 0.210. The topological polar surface area (TPSA) is 136 Å². The molecule has 0 aliphatic rings. The fourth-order valence-electron chi connectivity index (χ4n) is 0.562. The Kier molecular flexibility index (Phi) is 4.87. The second-order valence-corrected chi connectivity index (χ2v) is 4.02. The molecule has 0 aromatic carbocycles. The molecule has 9 heteroatoms. The van der Waals surface area contributed by atoms with Crippen molar-refractivity contribution in [2.45, 2.75) is 0 Å². The van der Waals surface area contributed by atoms with Gasteiger partial charge in [0.25, 0.3) is 0 Å². The Morgan fingerprint density at radius 1 is 1.43 bits per heavy atom. The summed E-state index contributed by atoms with van der Waals surface area (Å²) >= 11 is 0. The van der Waals surface area contributed by atoms with Gasteiger partial charge in [-0.2, -0.15) is 0 Å². The van der Waals surface area contributed by atoms with E-state index in [2.05, 4.69) is 10.5 Å². The number of carboxylic acid groups (broad SMARTS) is 1. The highest BCUT2D eigenvalue weighted by Crippen LogP contribution is 1.83. The van der Waals surface area contributed by atoms with Gasteiger partial charge >= 0.3 is 12.1 Å². The lowest BCUT2D eigenvalue weighted by Crippen LogP contribution is -2.33. The molecular formula is C5H10N2O6S. The predicted molar refractivity (Wildman–Crippen MR) is 45.0 cm³/mol. The number of nitrogens with two attached hydrogens (primary N) is 1. The molecule has 0 aromatic rings. The number of carboxylic acids is 1. The number of amides is 1. The second-order valence-electron chi connectivity index (χ2n) is 2.21. The number of rotatable bonds is 6. The van der Waals surface area contributed by atoms with Crippen LogP contribution in [-0.2, 0) is 19.6 Å². The molecule has 0 heterocycles. The Balaban J connectivity index is 3.78. The van der Waals surface area contributed by atoms with Gasteiger partial charge in [0.15, 0.2) is 5.75 Å². The van der Waals surface area contributed by atoms with Gasteiger partial charge in [-0.05, 0) is 0 Å². The second kappa shape index (κ2) is 5.40. The van der Waals surface area contributed by atoms with E-state index in [1.165, 1.54) is 0 Å². The summed E-state index contributed by atoms with van der Waals surface area (Å²) in [7, 11) is -3.86. The third-order valence-electron chi connectivity index (χ3n) is 0.982. The molecule has 8 nitrogen and oxygen atoms in total. The number of carbonyl (C=O) groups excluding carboxylic acids is 1. The molecule has 4 N–H and O–H groups in total. The summed E-state index contributed by atoms with van der Waals surface area (Å²) in [6.45, 7) is -0.452. The van der Waals surface area contributed by atoms with Gasteiger partial charge in [0.05, 0.1) is 0 Å². The van der Waals surface area contributed by atoms with Crippen LogP contribution >= 0.6 is 0 Å². The van der Waals surface area contributed by atoms with Crippen LogP contribution in [0.4, 0.5) is 4.79 Å². The van der Waals surface area contributed by atoms with E-state index in [0.717, 1.165) is 0 Å². The number of ether oxygens (including phenoxy) is 1. The summed E-state index contributed by atoms with van der Waals surface area (Å²) in [4.78, 5) is 20.1. The van der Waals surface area contributed by atoms with Crippen LogP contribution in [0, 0.1) is 0 Å². The number of carbonyl (C=O) groups is 2. The average molecular weight is 226 g/mol. The van der Waals surface area contributed by atoms with Gasteiger partial charge in [-0.15, -0.1) is 0 Å². The fourth-order valence-corrected chi connectivity index (χ4v) is 1.38. The van der Waals surface area contributed by atoms with Crippen molar-refractivity contribution in [3.05, 3.63) is 0 Å². The number of aliphatic carboxylic acids is 1. The van der Waals surface area contributed by atoms with Crippen LogP contribution in [0.2, 0.25) is 0 Å². The van der Waals surface area contributed by atoms with E-state index >= 15 is 0 Å². The number of nitrogens with one attached hydrogen (secondary N) is 1. The maximum Gasteiger partial charge on any atom is 0.404 e. The molecule has 0 aliphatic heterocycles. The largest absolute Gasteiger partial charge is 0.480 e. The molecule has 0 saturated carbocycles. The Morgan fingerprint density at radius 3 is 2.43 bits per heavy atom. The van der Waals surface area contributed by atoms with Crippen LogP contribution in [0.1, 0.15) is 0 Å². The standard InChI is InChI=1S/C5H10N2O6S/c6-5(10)13-2-1-7-14(11,12)3-4(8)9/h7H,1-3H2,(H2,6,10)(H,8,9). The van der Waals surface area contributed by atoms with E-state index in [0.29, 0.717) is 0 Å². The molecular weight excluding hydrogens is 216 g/mol. The van der Waals surface area contributed by atoms with Crippen LogP contribution in [0.3, 0.4) is 0 Å². The zero-order valence-electron chi connectivity index (χ0n) is 7.10. The van der Waals surface area contributed by atoms with Gasteiger partial charge in [-0.1, -0.05) is 0 Å². The summed E-state index contributed by atoms with van der Waals surface area (Å²) < 4.78 is 27.8. The molecule has 0 fully saturated rings. The molecule has 1 amide bonds. The molecule has 0 aliphatic carbocycles. The molecule has 0 bridgehead atoms. The molecule has 0 atom stereocenters. The van der Waals surface area contributed by atoms with Crippen LogP contribution in [0.15, 0.2) is 0 Å². The first-order valence-corrected chi connectivity index (χ1v) is 5.10. The number of hydrogen-bond acceptors (Lipinski definition) is 5. The Hall–Kier alpha value is -1.35. The lowest BCUT2D eigenvalue weighted by Gasteiger charge is -2.03. The van der Waals surface area contributed by atoms with Crippen molar-refractivity contribution in [3.63, 3.8) is 0 Å². The SMILES string of the molecule is NC(=O)OCCNS(=O)(=O)CC(=O)O. The van der Waals surface area contributed by atoms with Gasteiger partial charge in [0.1, 0.15) is 6.61 Å². The molecule has 82 valence electrons. The summed E-state index contributed by atoms with van der Waals surface area (Å²) in [5.74, 6) is -2.49. The van der Waals surface area contributed by atoms with Crippen molar-refractivity contribution < 1.29 is 27.9 Å². The first-order chi connectivity index (χ1) is 6.33. The van der Waals surface area contributed by atoms with Crippen molar-refractivity contribution in [1.29, 1.82) is 0 Å². The summed E-state index contributed by atoms with van der Waals surface area (Å²) in [6.07, 6.45) is -1.03. The van der Waals surface area contributed by atoms with Gasteiger partial charge in [0.2, 0.25) is 10.0 Å². The molecule has 0 rings (SSSR count). The van der Waals surface area contributed by atoms with Crippen LogP contribution in [0.5, 0.6) is 0 Å². The predicted octanol–water partition coefficient (Wildman–Crippen LogP) is -1.91. The monoisotopic (exact) mass is 226 g/mol. The highest BCUT2D eigenvalue weighted by atomic mass is 32.2. The van der Waals surface area contributed by atoms with E-state index in [1.54, 1.807) is 0 Å². The van der Waals surface area contributed by atoms with Crippen LogP contribution in [-0.4, -0.2) is 44.5 Å². The van der Waals surface area contributed by atoms with E-state index < -0.39 is 27.8 Å². The minimum atomic E-state index is -3.86. The molecule has 0 aromatic heterocycles. The van der Waals surface area contributed by atoms with Crippen molar-refractivity contribution in [2.24, 2.45) is 5.73 Å². The lowest BCUT2D eigenvalue weighted by atomic mass is 10.7. The van der Waals surface area contributed by atoms with E-state index in [1.807, 2.05) is 4.72 Å². The number of sulfonamides is 1. The Labute approximate surface area is 80.1 Å². The van der Waals surface area contributed by atoms with Crippen LogP contribution in [0.25, 0.3) is 0 Å². The third-order valence-corrected chi connectivity index (χ3v) is 2.25. The Bertz CT molecular complexity index is 310. The van der Waals surface area contributed by atoms with Gasteiger partial charge in [-0.25, -0.2) is 17.9 Å². The average Bonchev–Trinajstić information content (AvgIpc) is 1.95. The highest BCUT2D eigenvalue weighted by Gasteiger charge is 2.14. The van der Waals surface area contributed by atoms with Crippen molar-refractivity contribution in [1.82, 2.24) is 4.72 Å². The zero-order valence-corrected chi connectivity index (χ0v) is 7.91. The Morgan fingerprint density at radius 2 is 2.00 bits per heavy atom. The van der Waals surface area contributed by atoms with Crippen molar-refractivity contribution >= 4 is 22.1 Å². The van der Waals surface area contributed by atoms with Crippen molar-refractivity contribution in [3.8, 4) is 0 Å². The molecule has 0 spiro atoms. The fraction of sp³-hybridized carbons (Fsp3) is 0.600. The number of hydrogen-bond donors (Lipinski definition) is 3.